The second kappa shape index (κ2) is 5.54. The van der Waals surface area contributed by atoms with Crippen molar-refractivity contribution in [2.24, 2.45) is 5.92 Å². The number of hydrogen-bond acceptors (Lipinski definition) is 1. The second-order valence-corrected chi connectivity index (χ2v) is 6.00. The molecule has 2 nitrogen and oxygen atoms in total. The molecule has 2 unspecified atom stereocenters. The van der Waals surface area contributed by atoms with Crippen molar-refractivity contribution in [3.8, 4) is 0 Å². The van der Waals surface area contributed by atoms with Crippen LogP contribution in [0.15, 0.2) is 24.3 Å². The lowest BCUT2D eigenvalue weighted by atomic mass is 9.85. The first-order chi connectivity index (χ1) is 9.29. The predicted octanol–water partition coefficient (Wildman–Crippen LogP) is 3.83. The van der Waals surface area contributed by atoms with Crippen LogP contribution in [0.3, 0.4) is 0 Å². The van der Waals surface area contributed by atoms with Crippen molar-refractivity contribution >= 4 is 17.5 Å². The summed E-state index contributed by atoms with van der Waals surface area (Å²) >= 11 is 5.85. The van der Waals surface area contributed by atoms with Crippen LogP contribution >= 0.6 is 11.6 Å². The average molecular weight is 278 g/mol. The minimum atomic E-state index is 0.196. The SMILES string of the molecule is O=C(c1cccc(CCl)c1)N1CCC2CCCCC21. The van der Waals surface area contributed by atoms with Crippen molar-refractivity contribution in [2.45, 2.75) is 44.0 Å². The van der Waals surface area contributed by atoms with E-state index in [-0.39, 0.29) is 5.91 Å². The minimum absolute atomic E-state index is 0.196. The molecule has 0 N–H and O–H groups in total. The number of carbonyl (C=O) groups excluding carboxylic acids is 1. The van der Waals surface area contributed by atoms with Gasteiger partial charge in [0.15, 0.2) is 0 Å². The Bertz CT molecular complexity index is 474. The quantitative estimate of drug-likeness (QED) is 0.753. The molecule has 1 saturated carbocycles. The molecule has 3 rings (SSSR count). The molecule has 1 aliphatic carbocycles. The van der Waals surface area contributed by atoms with Crippen molar-refractivity contribution in [3.05, 3.63) is 35.4 Å². The summed E-state index contributed by atoms with van der Waals surface area (Å²) in [6.07, 6.45) is 6.28. The maximum atomic E-state index is 12.7. The summed E-state index contributed by atoms with van der Waals surface area (Å²) in [6, 6.07) is 8.23. The topological polar surface area (TPSA) is 20.3 Å². The summed E-state index contributed by atoms with van der Waals surface area (Å²) in [4.78, 5) is 14.8. The van der Waals surface area contributed by atoms with Gasteiger partial charge in [-0.15, -0.1) is 11.6 Å². The number of fused-ring (bicyclic) bond motifs is 1. The summed E-state index contributed by atoms with van der Waals surface area (Å²) in [6.45, 7) is 0.930. The zero-order chi connectivity index (χ0) is 13.2. The first-order valence-electron chi connectivity index (χ1n) is 7.25. The number of rotatable bonds is 2. The molecule has 1 heterocycles. The van der Waals surface area contributed by atoms with Crippen LogP contribution in [0.25, 0.3) is 0 Å². The Labute approximate surface area is 119 Å². The van der Waals surface area contributed by atoms with Crippen molar-refractivity contribution in [1.29, 1.82) is 0 Å². The molecule has 0 aromatic heterocycles. The van der Waals surface area contributed by atoms with Crippen LogP contribution in [0.1, 0.15) is 48.0 Å². The summed E-state index contributed by atoms with van der Waals surface area (Å²) < 4.78 is 0. The van der Waals surface area contributed by atoms with Gasteiger partial charge in [-0.3, -0.25) is 4.79 Å². The van der Waals surface area contributed by atoms with E-state index in [1.54, 1.807) is 0 Å². The molecule has 0 bridgehead atoms. The van der Waals surface area contributed by atoms with Gasteiger partial charge in [0.1, 0.15) is 0 Å². The van der Waals surface area contributed by atoms with Crippen LogP contribution in [-0.4, -0.2) is 23.4 Å². The van der Waals surface area contributed by atoms with Crippen LogP contribution in [-0.2, 0) is 5.88 Å². The zero-order valence-electron chi connectivity index (χ0n) is 11.1. The predicted molar refractivity (Wildman–Crippen MR) is 77.4 cm³/mol. The van der Waals surface area contributed by atoms with E-state index >= 15 is 0 Å². The van der Waals surface area contributed by atoms with Gasteiger partial charge >= 0.3 is 0 Å². The van der Waals surface area contributed by atoms with Crippen LogP contribution in [0.2, 0.25) is 0 Å². The van der Waals surface area contributed by atoms with E-state index in [1.807, 2.05) is 24.3 Å². The Morgan fingerprint density at radius 2 is 2.11 bits per heavy atom. The van der Waals surface area contributed by atoms with Crippen molar-refractivity contribution in [3.63, 3.8) is 0 Å². The molecule has 1 saturated heterocycles. The third-order valence-corrected chi connectivity index (χ3v) is 4.91. The molecule has 0 spiro atoms. The van der Waals surface area contributed by atoms with Gasteiger partial charge in [0.25, 0.3) is 5.91 Å². The largest absolute Gasteiger partial charge is 0.335 e. The van der Waals surface area contributed by atoms with E-state index < -0.39 is 0 Å². The summed E-state index contributed by atoms with van der Waals surface area (Å²) in [5, 5.41) is 0. The van der Waals surface area contributed by atoms with Crippen LogP contribution in [0.5, 0.6) is 0 Å². The van der Waals surface area contributed by atoms with Crippen molar-refractivity contribution < 1.29 is 4.79 Å². The Morgan fingerprint density at radius 3 is 2.95 bits per heavy atom. The van der Waals surface area contributed by atoms with Gasteiger partial charge in [0, 0.05) is 24.0 Å². The molecule has 0 radical (unpaired) electrons. The average Bonchev–Trinajstić information content (AvgIpc) is 2.90. The highest BCUT2D eigenvalue weighted by molar-refractivity contribution is 6.17. The summed E-state index contributed by atoms with van der Waals surface area (Å²) in [7, 11) is 0. The lowest BCUT2D eigenvalue weighted by molar-refractivity contribution is 0.0690. The molecular formula is C16H20ClNO. The molecule has 19 heavy (non-hydrogen) atoms. The number of alkyl halides is 1. The van der Waals surface area contributed by atoms with Gasteiger partial charge in [-0.1, -0.05) is 25.0 Å². The highest BCUT2D eigenvalue weighted by atomic mass is 35.5. The van der Waals surface area contributed by atoms with Crippen LogP contribution in [0, 0.1) is 5.92 Å². The molecule has 1 aromatic carbocycles. The molecule has 2 atom stereocenters. The fourth-order valence-electron chi connectivity index (χ4n) is 3.61. The fourth-order valence-corrected chi connectivity index (χ4v) is 3.78. The third-order valence-electron chi connectivity index (χ3n) is 4.60. The number of hydrogen-bond donors (Lipinski definition) is 0. The monoisotopic (exact) mass is 277 g/mol. The summed E-state index contributed by atoms with van der Waals surface area (Å²) in [5.74, 6) is 1.41. The third kappa shape index (κ3) is 2.51. The molecule has 102 valence electrons. The number of likely N-dealkylation sites (tertiary alicyclic amines) is 1. The van der Waals surface area contributed by atoms with Gasteiger partial charge in [0.2, 0.25) is 0 Å². The standard InChI is InChI=1S/C16H20ClNO/c17-11-12-4-3-6-14(10-12)16(19)18-9-8-13-5-1-2-7-15(13)18/h3-4,6,10,13,15H,1-2,5,7-9,11H2. The number of halogens is 1. The second-order valence-electron chi connectivity index (χ2n) is 5.73. The summed E-state index contributed by atoms with van der Waals surface area (Å²) in [5.41, 5.74) is 1.82. The van der Waals surface area contributed by atoms with E-state index in [0.717, 1.165) is 23.6 Å². The number of benzene rings is 1. The van der Waals surface area contributed by atoms with Crippen molar-refractivity contribution in [1.82, 2.24) is 4.90 Å². The Kier molecular flexibility index (Phi) is 3.79. The van der Waals surface area contributed by atoms with E-state index in [2.05, 4.69) is 4.90 Å². The van der Waals surface area contributed by atoms with E-state index in [9.17, 15) is 4.79 Å². The normalized spacial score (nSPS) is 26.3. The fraction of sp³-hybridized carbons (Fsp3) is 0.562. The first-order valence-corrected chi connectivity index (χ1v) is 7.79. The number of nitrogens with zero attached hydrogens (tertiary/aromatic N) is 1. The van der Waals surface area contributed by atoms with Crippen LogP contribution < -0.4 is 0 Å². The van der Waals surface area contributed by atoms with E-state index in [0.29, 0.717) is 11.9 Å². The van der Waals surface area contributed by atoms with Gasteiger partial charge in [-0.2, -0.15) is 0 Å². The Balaban J connectivity index is 1.79. The van der Waals surface area contributed by atoms with E-state index in [1.165, 1.54) is 32.1 Å². The molecule has 1 aliphatic heterocycles. The smallest absolute Gasteiger partial charge is 0.254 e. The molecule has 1 amide bonds. The lowest BCUT2D eigenvalue weighted by Gasteiger charge is -2.31. The van der Waals surface area contributed by atoms with Gasteiger partial charge < -0.3 is 4.90 Å². The first kappa shape index (κ1) is 13.0. The zero-order valence-corrected chi connectivity index (χ0v) is 11.9. The van der Waals surface area contributed by atoms with Gasteiger partial charge in [0.05, 0.1) is 0 Å². The molecule has 1 aromatic rings. The Morgan fingerprint density at radius 1 is 1.26 bits per heavy atom. The van der Waals surface area contributed by atoms with Gasteiger partial charge in [-0.05, 0) is 42.9 Å². The van der Waals surface area contributed by atoms with Crippen molar-refractivity contribution in [2.75, 3.05) is 6.54 Å². The van der Waals surface area contributed by atoms with E-state index in [4.69, 9.17) is 11.6 Å². The highest BCUT2D eigenvalue weighted by Gasteiger charge is 2.38. The highest BCUT2D eigenvalue weighted by Crippen LogP contribution is 2.36. The number of carbonyl (C=O) groups is 1. The molecule has 2 aliphatic rings. The maximum Gasteiger partial charge on any atom is 0.254 e. The Hall–Kier alpha value is -1.02. The van der Waals surface area contributed by atoms with Gasteiger partial charge in [-0.25, -0.2) is 0 Å². The molecular weight excluding hydrogens is 258 g/mol. The van der Waals surface area contributed by atoms with Crippen LogP contribution in [0.4, 0.5) is 0 Å². The molecule has 2 fully saturated rings. The number of amides is 1. The maximum absolute atomic E-state index is 12.7. The minimum Gasteiger partial charge on any atom is -0.335 e. The molecule has 3 heteroatoms. The lowest BCUT2D eigenvalue weighted by Crippen LogP contribution is -2.39.